The van der Waals surface area contributed by atoms with E-state index in [1.165, 1.54) is 19.2 Å². The Kier molecular flexibility index (Phi) is 6.42. The largest absolute Gasteiger partial charge is 0.481 e. The van der Waals surface area contributed by atoms with Gasteiger partial charge in [-0.25, -0.2) is 13.8 Å². The third-order valence-corrected chi connectivity index (χ3v) is 5.70. The summed E-state index contributed by atoms with van der Waals surface area (Å²) in [5, 5.41) is 0. The van der Waals surface area contributed by atoms with Gasteiger partial charge in [-0.15, -0.1) is 0 Å². The number of ether oxygens (including phenoxy) is 1. The van der Waals surface area contributed by atoms with E-state index in [2.05, 4.69) is 20.9 Å². The minimum absolute atomic E-state index is 0.241. The Morgan fingerprint density at radius 2 is 1.66 bits per heavy atom. The van der Waals surface area contributed by atoms with E-state index in [9.17, 15) is 13.6 Å². The van der Waals surface area contributed by atoms with Crippen molar-refractivity contribution >= 4 is 21.7 Å². The van der Waals surface area contributed by atoms with Crippen molar-refractivity contribution in [2.75, 3.05) is 7.11 Å². The molecule has 4 rings (SSSR count). The molecular weight excluding hydrogens is 476 g/mol. The molecule has 0 N–H and O–H groups in total. The van der Waals surface area contributed by atoms with Gasteiger partial charge in [-0.3, -0.25) is 4.79 Å². The zero-order valence-corrected chi connectivity index (χ0v) is 18.6. The summed E-state index contributed by atoms with van der Waals surface area (Å²) >= 11 is 3.42. The summed E-state index contributed by atoms with van der Waals surface area (Å²) in [7, 11) is 1.46. The number of hydrogen-bond donors (Lipinski definition) is 0. The van der Waals surface area contributed by atoms with Crippen molar-refractivity contribution in [1.29, 1.82) is 0 Å². The second kappa shape index (κ2) is 9.40. The van der Waals surface area contributed by atoms with Gasteiger partial charge in [0.2, 0.25) is 5.88 Å². The molecular formula is C26H18BrF2NO2. The number of benzene rings is 3. The molecule has 1 aromatic heterocycles. The quantitative estimate of drug-likeness (QED) is 0.277. The first-order chi connectivity index (χ1) is 15.5. The molecule has 6 heteroatoms. The maximum atomic E-state index is 14.6. The molecule has 0 aliphatic carbocycles. The average Bonchev–Trinajstić information content (AvgIpc) is 2.82. The predicted octanol–water partition coefficient (Wildman–Crippen LogP) is 6.81. The summed E-state index contributed by atoms with van der Waals surface area (Å²) in [5.41, 5.74) is 2.42. The molecule has 0 aliphatic rings. The predicted molar refractivity (Wildman–Crippen MR) is 123 cm³/mol. The van der Waals surface area contributed by atoms with Crippen LogP contribution >= 0.6 is 15.9 Å². The molecule has 0 amide bonds. The van der Waals surface area contributed by atoms with Crippen LogP contribution in [0.5, 0.6) is 5.88 Å². The van der Waals surface area contributed by atoms with Gasteiger partial charge in [0.15, 0.2) is 17.4 Å². The maximum absolute atomic E-state index is 14.6. The first-order valence-electron chi connectivity index (χ1n) is 9.82. The van der Waals surface area contributed by atoms with Crippen LogP contribution in [-0.2, 0) is 0 Å². The summed E-state index contributed by atoms with van der Waals surface area (Å²) in [6.07, 6.45) is 1.65. The fourth-order valence-corrected chi connectivity index (χ4v) is 3.88. The highest BCUT2D eigenvalue weighted by atomic mass is 79.9. The Labute approximate surface area is 192 Å². The van der Waals surface area contributed by atoms with Crippen LogP contribution in [0.3, 0.4) is 0 Å². The zero-order chi connectivity index (χ0) is 22.7. The van der Waals surface area contributed by atoms with Crippen molar-refractivity contribution in [2.45, 2.75) is 5.92 Å². The number of halogens is 3. The molecule has 0 radical (unpaired) electrons. The lowest BCUT2D eigenvalue weighted by molar-refractivity contribution is 0.0967. The minimum Gasteiger partial charge on any atom is -0.481 e. The molecule has 4 aromatic rings. The molecule has 0 saturated heterocycles. The van der Waals surface area contributed by atoms with Gasteiger partial charge >= 0.3 is 0 Å². The van der Waals surface area contributed by atoms with E-state index in [0.29, 0.717) is 11.1 Å². The topological polar surface area (TPSA) is 39.2 Å². The molecule has 0 spiro atoms. The molecule has 1 unspecified atom stereocenters. The molecule has 1 atom stereocenters. The summed E-state index contributed by atoms with van der Waals surface area (Å²) < 4.78 is 34.9. The van der Waals surface area contributed by atoms with Gasteiger partial charge in [-0.2, -0.15) is 0 Å². The number of methoxy groups -OCH3 is 1. The Morgan fingerprint density at radius 3 is 2.34 bits per heavy atom. The van der Waals surface area contributed by atoms with Crippen LogP contribution in [0.2, 0.25) is 0 Å². The second-order valence-electron chi connectivity index (χ2n) is 7.14. The Hall–Kier alpha value is -3.38. The SMILES string of the molecule is COc1ncc(-c2ccc(Br)cc2)cc1C(C(=O)c1cccc(F)c1F)c1ccccc1. The number of carbonyl (C=O) groups excluding carboxylic acids is 1. The van der Waals surface area contributed by atoms with Crippen LogP contribution in [0.1, 0.15) is 27.4 Å². The van der Waals surface area contributed by atoms with Gasteiger partial charge in [-0.1, -0.05) is 64.5 Å². The van der Waals surface area contributed by atoms with Crippen LogP contribution in [-0.4, -0.2) is 17.9 Å². The number of aromatic nitrogens is 1. The van der Waals surface area contributed by atoms with Crippen LogP contribution in [0.25, 0.3) is 11.1 Å². The molecule has 32 heavy (non-hydrogen) atoms. The number of hydrogen-bond acceptors (Lipinski definition) is 3. The molecule has 0 fully saturated rings. The lowest BCUT2D eigenvalue weighted by atomic mass is 9.84. The summed E-state index contributed by atoms with van der Waals surface area (Å²) in [6, 6.07) is 22.0. The fourth-order valence-electron chi connectivity index (χ4n) is 3.61. The fraction of sp³-hybridized carbons (Fsp3) is 0.0769. The number of Topliss-reactive ketones (excluding diaryl/α,β-unsaturated/α-hetero) is 1. The smallest absolute Gasteiger partial charge is 0.217 e. The van der Waals surface area contributed by atoms with Crippen molar-refractivity contribution in [1.82, 2.24) is 4.98 Å². The van der Waals surface area contributed by atoms with E-state index < -0.39 is 23.3 Å². The van der Waals surface area contributed by atoms with E-state index in [1.807, 2.05) is 36.4 Å². The molecule has 0 saturated carbocycles. The van der Waals surface area contributed by atoms with Gasteiger partial charge in [0.05, 0.1) is 18.6 Å². The molecule has 160 valence electrons. The minimum atomic E-state index is -1.17. The highest BCUT2D eigenvalue weighted by Gasteiger charge is 2.30. The normalized spacial score (nSPS) is 11.8. The van der Waals surface area contributed by atoms with E-state index in [4.69, 9.17) is 4.74 Å². The molecule has 0 aliphatic heterocycles. The first-order valence-corrected chi connectivity index (χ1v) is 10.6. The van der Waals surface area contributed by atoms with Crippen molar-refractivity contribution in [3.05, 3.63) is 118 Å². The zero-order valence-electron chi connectivity index (χ0n) is 17.1. The van der Waals surface area contributed by atoms with Crippen LogP contribution in [0.15, 0.2) is 89.5 Å². The summed E-state index contributed by atoms with van der Waals surface area (Å²) in [4.78, 5) is 18.0. The van der Waals surface area contributed by atoms with Crippen molar-refractivity contribution in [2.24, 2.45) is 0 Å². The van der Waals surface area contributed by atoms with Crippen molar-refractivity contribution in [3.63, 3.8) is 0 Å². The third kappa shape index (κ3) is 4.32. The van der Waals surface area contributed by atoms with Crippen molar-refractivity contribution in [3.8, 4) is 17.0 Å². The van der Waals surface area contributed by atoms with E-state index >= 15 is 0 Å². The Morgan fingerprint density at radius 1 is 0.938 bits per heavy atom. The maximum Gasteiger partial charge on any atom is 0.217 e. The standard InChI is InChI=1S/C26H18BrF2NO2/c1-32-26-21(14-18(15-30-26)16-10-12-19(27)13-11-16)23(17-6-3-2-4-7-17)25(31)20-8-5-9-22(28)24(20)29/h2-15,23H,1H3. The molecule has 3 aromatic carbocycles. The van der Waals surface area contributed by atoms with Gasteiger partial charge in [0.1, 0.15) is 0 Å². The lowest BCUT2D eigenvalue weighted by Crippen LogP contribution is -2.18. The van der Waals surface area contributed by atoms with E-state index in [1.54, 1.807) is 30.5 Å². The van der Waals surface area contributed by atoms with Gasteiger partial charge in [0.25, 0.3) is 0 Å². The number of nitrogens with zero attached hydrogens (tertiary/aromatic N) is 1. The first kappa shape index (κ1) is 21.8. The molecule has 1 heterocycles. The van der Waals surface area contributed by atoms with Crippen molar-refractivity contribution < 1.29 is 18.3 Å². The highest BCUT2D eigenvalue weighted by Crippen LogP contribution is 2.36. The van der Waals surface area contributed by atoms with Crippen LogP contribution in [0.4, 0.5) is 8.78 Å². The van der Waals surface area contributed by atoms with E-state index in [-0.39, 0.29) is 11.4 Å². The monoisotopic (exact) mass is 493 g/mol. The Bertz CT molecular complexity index is 1260. The van der Waals surface area contributed by atoms with Gasteiger partial charge < -0.3 is 4.74 Å². The lowest BCUT2D eigenvalue weighted by Gasteiger charge is -2.20. The molecule has 0 bridgehead atoms. The van der Waals surface area contributed by atoms with Gasteiger partial charge in [0, 0.05) is 21.8 Å². The number of carbonyl (C=O) groups is 1. The number of rotatable bonds is 6. The van der Waals surface area contributed by atoms with E-state index in [0.717, 1.165) is 21.7 Å². The Balaban J connectivity index is 1.91. The molecule has 3 nitrogen and oxygen atoms in total. The average molecular weight is 494 g/mol. The third-order valence-electron chi connectivity index (χ3n) is 5.17. The highest BCUT2D eigenvalue weighted by molar-refractivity contribution is 9.10. The number of pyridine rings is 1. The van der Waals surface area contributed by atoms with Crippen LogP contribution < -0.4 is 4.74 Å². The summed E-state index contributed by atoms with van der Waals surface area (Å²) in [6.45, 7) is 0. The van der Waals surface area contributed by atoms with Crippen LogP contribution in [0, 0.1) is 11.6 Å². The summed E-state index contributed by atoms with van der Waals surface area (Å²) in [5.74, 6) is -3.53. The second-order valence-corrected chi connectivity index (χ2v) is 8.05. The number of ketones is 1. The van der Waals surface area contributed by atoms with Gasteiger partial charge in [-0.05, 0) is 41.5 Å².